The lowest BCUT2D eigenvalue weighted by atomic mass is 9.85. The summed E-state index contributed by atoms with van der Waals surface area (Å²) in [5.74, 6) is 0.315. The number of pyridine rings is 1. The highest BCUT2D eigenvalue weighted by Gasteiger charge is 2.43. The Balaban J connectivity index is 2.24. The molecule has 21 heavy (non-hydrogen) atoms. The van der Waals surface area contributed by atoms with Gasteiger partial charge in [0.15, 0.2) is 5.65 Å². The molecule has 2 N–H and O–H groups in total. The maximum Gasteiger partial charge on any atom is 0.417 e. The Bertz CT molecular complexity index is 702. The highest BCUT2D eigenvalue weighted by Crippen LogP contribution is 2.35. The number of alkyl halides is 3. The molecule has 0 aromatic carbocycles. The number of ether oxygens (including phenoxy) is 1. The average Bonchev–Trinajstić information content (AvgIpc) is 2.94. The van der Waals surface area contributed by atoms with Crippen molar-refractivity contribution >= 4 is 17.2 Å². The third kappa shape index (κ3) is 2.18. The Labute approximate surface area is 122 Å². The summed E-state index contributed by atoms with van der Waals surface area (Å²) in [5, 5.41) is 7.74. The minimum Gasteiger partial charge on any atom is -0.379 e. The third-order valence-electron chi connectivity index (χ3n) is 3.82. The molecule has 0 saturated carbocycles. The Kier molecular flexibility index (Phi) is 3.16. The predicted molar refractivity (Wildman–Crippen MR) is 69.1 cm³/mol. The monoisotopic (exact) mass is 320 g/mol. The predicted octanol–water partition coefficient (Wildman–Crippen LogP) is 2.02. The number of rotatable bonds is 1. The molecule has 3 rings (SSSR count). The van der Waals surface area contributed by atoms with Crippen molar-refractivity contribution in [3.05, 3.63) is 28.7 Å². The second-order valence-electron chi connectivity index (χ2n) is 5.33. The van der Waals surface area contributed by atoms with Gasteiger partial charge in [0.25, 0.3) is 0 Å². The van der Waals surface area contributed by atoms with Crippen molar-refractivity contribution < 1.29 is 17.9 Å². The lowest BCUT2D eigenvalue weighted by Gasteiger charge is -2.24. The quantitative estimate of drug-likeness (QED) is 0.873. The van der Waals surface area contributed by atoms with Crippen LogP contribution in [0.1, 0.15) is 18.3 Å². The summed E-state index contributed by atoms with van der Waals surface area (Å²) in [6.07, 6.45) is -3.57. The second-order valence-corrected chi connectivity index (χ2v) is 5.74. The third-order valence-corrected chi connectivity index (χ3v) is 4.09. The van der Waals surface area contributed by atoms with E-state index in [4.69, 9.17) is 22.1 Å². The van der Waals surface area contributed by atoms with Crippen LogP contribution in [-0.4, -0.2) is 33.9 Å². The molecule has 0 spiro atoms. The Morgan fingerprint density at radius 2 is 2.19 bits per heavy atom. The zero-order chi connectivity index (χ0) is 15.4. The van der Waals surface area contributed by atoms with Crippen LogP contribution in [0.5, 0.6) is 0 Å². The zero-order valence-corrected chi connectivity index (χ0v) is 11.7. The van der Waals surface area contributed by atoms with Crippen LogP contribution in [-0.2, 0) is 16.3 Å². The molecule has 0 amide bonds. The number of fused-ring (bicyclic) bond motifs is 1. The van der Waals surface area contributed by atoms with Crippen LogP contribution >= 0.6 is 11.6 Å². The van der Waals surface area contributed by atoms with E-state index in [1.54, 1.807) is 6.92 Å². The molecule has 1 saturated heterocycles. The molecule has 1 aliphatic rings. The van der Waals surface area contributed by atoms with Crippen LogP contribution in [0.2, 0.25) is 5.02 Å². The van der Waals surface area contributed by atoms with Gasteiger partial charge in [0.05, 0.1) is 29.2 Å². The van der Waals surface area contributed by atoms with Gasteiger partial charge in [-0.25, -0.2) is 0 Å². The van der Waals surface area contributed by atoms with E-state index in [1.165, 1.54) is 4.40 Å². The van der Waals surface area contributed by atoms with E-state index >= 15 is 0 Å². The van der Waals surface area contributed by atoms with Crippen molar-refractivity contribution in [2.45, 2.75) is 24.6 Å². The molecule has 114 valence electrons. The van der Waals surface area contributed by atoms with Crippen LogP contribution in [0.15, 0.2) is 12.3 Å². The standard InChI is InChI=1S/C12H12ClF3N4O/c1-11(5-21-4-8(11)17)10-19-18-9-7(13)2-6(3-20(9)10)12(14,15)16/h2-3,8H,4-5,17H2,1H3. The maximum absolute atomic E-state index is 12.9. The SMILES string of the molecule is CC1(c2nnc3c(Cl)cc(C(F)(F)F)cn23)COCC1N. The summed E-state index contributed by atoms with van der Waals surface area (Å²) in [4.78, 5) is 0. The van der Waals surface area contributed by atoms with Crippen molar-refractivity contribution in [1.82, 2.24) is 14.6 Å². The number of nitrogens with two attached hydrogens (primary N) is 1. The van der Waals surface area contributed by atoms with Crippen LogP contribution in [0.3, 0.4) is 0 Å². The summed E-state index contributed by atoms with van der Waals surface area (Å²) in [5.41, 5.74) is 4.58. The molecule has 2 atom stereocenters. The van der Waals surface area contributed by atoms with Gasteiger partial charge in [0.1, 0.15) is 5.82 Å². The van der Waals surface area contributed by atoms with E-state index in [0.717, 1.165) is 12.3 Å². The Morgan fingerprint density at radius 3 is 2.76 bits per heavy atom. The van der Waals surface area contributed by atoms with E-state index in [0.29, 0.717) is 12.4 Å². The van der Waals surface area contributed by atoms with Gasteiger partial charge in [-0.3, -0.25) is 4.40 Å². The largest absolute Gasteiger partial charge is 0.417 e. The number of hydrogen-bond acceptors (Lipinski definition) is 4. The van der Waals surface area contributed by atoms with E-state index in [9.17, 15) is 13.2 Å². The lowest BCUT2D eigenvalue weighted by molar-refractivity contribution is -0.137. The lowest BCUT2D eigenvalue weighted by Crippen LogP contribution is -2.43. The number of aromatic nitrogens is 3. The van der Waals surface area contributed by atoms with Crippen molar-refractivity contribution in [2.24, 2.45) is 5.73 Å². The number of halogens is 4. The maximum atomic E-state index is 12.9. The van der Waals surface area contributed by atoms with E-state index < -0.39 is 17.2 Å². The summed E-state index contributed by atoms with van der Waals surface area (Å²) >= 11 is 5.88. The van der Waals surface area contributed by atoms with Gasteiger partial charge < -0.3 is 10.5 Å². The van der Waals surface area contributed by atoms with Crippen LogP contribution in [0.25, 0.3) is 5.65 Å². The highest BCUT2D eigenvalue weighted by atomic mass is 35.5. The fraction of sp³-hybridized carbons (Fsp3) is 0.500. The van der Waals surface area contributed by atoms with Gasteiger partial charge in [-0.1, -0.05) is 11.6 Å². The van der Waals surface area contributed by atoms with Gasteiger partial charge in [0.2, 0.25) is 0 Å². The molecular weight excluding hydrogens is 309 g/mol. The van der Waals surface area contributed by atoms with Gasteiger partial charge in [0, 0.05) is 12.2 Å². The van der Waals surface area contributed by atoms with Gasteiger partial charge in [-0.15, -0.1) is 10.2 Å². The normalized spacial score (nSPS) is 26.7. The minimum absolute atomic E-state index is 0.111. The molecule has 2 aromatic heterocycles. The zero-order valence-electron chi connectivity index (χ0n) is 11.0. The van der Waals surface area contributed by atoms with Gasteiger partial charge >= 0.3 is 6.18 Å². The van der Waals surface area contributed by atoms with Crippen LogP contribution < -0.4 is 5.73 Å². The molecule has 9 heteroatoms. The second kappa shape index (κ2) is 4.56. The molecular formula is C12H12ClF3N4O. The van der Waals surface area contributed by atoms with E-state index in [2.05, 4.69) is 10.2 Å². The number of hydrogen-bond donors (Lipinski definition) is 1. The molecule has 5 nitrogen and oxygen atoms in total. The first kappa shape index (κ1) is 14.6. The molecule has 1 fully saturated rings. The van der Waals surface area contributed by atoms with Crippen LogP contribution in [0.4, 0.5) is 13.2 Å². The highest BCUT2D eigenvalue weighted by molar-refractivity contribution is 6.33. The summed E-state index contributed by atoms with van der Waals surface area (Å²) in [6, 6.07) is 0.459. The Morgan fingerprint density at radius 1 is 1.48 bits per heavy atom. The summed E-state index contributed by atoms with van der Waals surface area (Å²) < 4.78 is 45.3. The molecule has 0 radical (unpaired) electrons. The molecule has 3 heterocycles. The molecule has 2 aromatic rings. The Hall–Kier alpha value is -1.38. The molecule has 0 bridgehead atoms. The summed E-state index contributed by atoms with van der Waals surface area (Å²) in [6.45, 7) is 2.37. The van der Waals surface area contributed by atoms with Gasteiger partial charge in [-0.2, -0.15) is 13.2 Å². The first-order chi connectivity index (χ1) is 9.73. The topological polar surface area (TPSA) is 65.4 Å². The van der Waals surface area contributed by atoms with Crippen LogP contribution in [0, 0.1) is 0 Å². The molecule has 0 aliphatic carbocycles. The van der Waals surface area contributed by atoms with Crippen molar-refractivity contribution in [3.63, 3.8) is 0 Å². The first-order valence-corrected chi connectivity index (χ1v) is 6.56. The molecule has 1 aliphatic heterocycles. The van der Waals surface area contributed by atoms with Gasteiger partial charge in [-0.05, 0) is 13.0 Å². The van der Waals surface area contributed by atoms with E-state index in [1.807, 2.05) is 0 Å². The fourth-order valence-corrected chi connectivity index (χ4v) is 2.66. The first-order valence-electron chi connectivity index (χ1n) is 6.19. The number of nitrogens with zero attached hydrogens (tertiary/aromatic N) is 3. The van der Waals surface area contributed by atoms with E-state index in [-0.39, 0.29) is 23.3 Å². The minimum atomic E-state index is -4.51. The van der Waals surface area contributed by atoms with Crippen molar-refractivity contribution in [3.8, 4) is 0 Å². The van der Waals surface area contributed by atoms with Crippen molar-refractivity contribution in [2.75, 3.05) is 13.2 Å². The molecule has 2 unspecified atom stereocenters. The van der Waals surface area contributed by atoms with Crippen molar-refractivity contribution in [1.29, 1.82) is 0 Å². The smallest absolute Gasteiger partial charge is 0.379 e. The average molecular weight is 321 g/mol. The summed E-state index contributed by atoms with van der Waals surface area (Å²) in [7, 11) is 0. The fourth-order valence-electron chi connectivity index (χ4n) is 2.42.